The summed E-state index contributed by atoms with van der Waals surface area (Å²) in [5.41, 5.74) is 0.247. The molecule has 0 aromatic heterocycles. The van der Waals surface area contributed by atoms with Crippen LogP contribution >= 0.6 is 0 Å². The van der Waals surface area contributed by atoms with Gasteiger partial charge in [-0.05, 0) is 31.1 Å². The van der Waals surface area contributed by atoms with Crippen molar-refractivity contribution < 1.29 is 47.7 Å². The third kappa shape index (κ3) is 10.7. The normalized spacial score (nSPS) is 13.5. The molecule has 12 nitrogen and oxygen atoms in total. The van der Waals surface area contributed by atoms with E-state index in [9.17, 15) is 24.0 Å². The van der Waals surface area contributed by atoms with Crippen molar-refractivity contribution in [3.05, 3.63) is 41.5 Å². The molecule has 0 bridgehead atoms. The first-order valence-corrected chi connectivity index (χ1v) is 12.8. The second kappa shape index (κ2) is 18.7. The van der Waals surface area contributed by atoms with E-state index in [1.54, 1.807) is 18.2 Å². The van der Waals surface area contributed by atoms with Gasteiger partial charge in [-0.3, -0.25) is 24.1 Å². The van der Waals surface area contributed by atoms with Crippen LogP contribution in [0.15, 0.2) is 30.4 Å². The van der Waals surface area contributed by atoms with Crippen LogP contribution in [0.3, 0.4) is 0 Å². The number of fused-ring (bicyclic) bond motifs is 1. The Balaban J connectivity index is 1.62. The van der Waals surface area contributed by atoms with Crippen LogP contribution in [0.5, 0.6) is 5.75 Å². The molecule has 1 aromatic rings. The molecule has 1 aliphatic heterocycles. The molecule has 0 saturated heterocycles. The van der Waals surface area contributed by atoms with Gasteiger partial charge in [0.1, 0.15) is 24.9 Å². The van der Waals surface area contributed by atoms with Crippen molar-refractivity contribution in [3.63, 3.8) is 0 Å². The number of hydrogen-bond donors (Lipinski definition) is 1. The molecule has 0 radical (unpaired) electrons. The highest BCUT2D eigenvalue weighted by atomic mass is 16.6. The number of nitrogens with zero attached hydrogens (tertiary/aromatic N) is 1. The smallest absolute Gasteiger partial charge is 0.265 e. The molecule has 1 aliphatic rings. The molecule has 39 heavy (non-hydrogen) atoms. The Kier molecular flexibility index (Phi) is 15.3. The minimum absolute atomic E-state index is 0.00285. The molecule has 0 saturated carbocycles. The van der Waals surface area contributed by atoms with Crippen LogP contribution in [-0.4, -0.2) is 108 Å². The summed E-state index contributed by atoms with van der Waals surface area (Å²) in [6, 6.07) is 3.63. The van der Waals surface area contributed by atoms with Crippen LogP contribution in [0, 0.1) is 0 Å². The molecule has 0 aliphatic carbocycles. The Bertz CT molecular complexity index is 981. The molecule has 0 spiro atoms. The second-order valence-electron chi connectivity index (χ2n) is 8.23. The molecular formula is C27H36N2O10. The minimum Gasteiger partial charge on any atom is -0.490 e. The molecule has 1 N–H and O–H groups in total. The molecule has 214 valence electrons. The number of ether oxygens (including phenoxy) is 5. The van der Waals surface area contributed by atoms with E-state index in [0.29, 0.717) is 59.0 Å². The maximum absolute atomic E-state index is 13.0. The molecule has 1 aromatic carbocycles. The van der Waals surface area contributed by atoms with E-state index >= 15 is 0 Å². The number of hydrogen-bond acceptors (Lipinski definition) is 10. The summed E-state index contributed by atoms with van der Waals surface area (Å²) in [5.74, 6) is -1.29. The van der Waals surface area contributed by atoms with Gasteiger partial charge in [0.25, 0.3) is 11.8 Å². The van der Waals surface area contributed by atoms with Gasteiger partial charge < -0.3 is 33.8 Å². The Morgan fingerprint density at radius 2 is 1.51 bits per heavy atom. The number of nitrogens with one attached hydrogen (secondary N) is 1. The average Bonchev–Trinajstić information content (AvgIpc) is 3.20. The van der Waals surface area contributed by atoms with Gasteiger partial charge >= 0.3 is 0 Å². The first-order valence-electron chi connectivity index (χ1n) is 12.8. The number of benzene rings is 1. The highest BCUT2D eigenvalue weighted by molar-refractivity contribution is 6.23. The average molecular weight is 549 g/mol. The van der Waals surface area contributed by atoms with Crippen LogP contribution in [0.2, 0.25) is 0 Å². The van der Waals surface area contributed by atoms with Crippen molar-refractivity contribution in [2.45, 2.75) is 25.3 Å². The number of carbonyl (C=O) groups is 5. The van der Waals surface area contributed by atoms with E-state index in [4.69, 9.17) is 23.7 Å². The van der Waals surface area contributed by atoms with Gasteiger partial charge in [-0.15, -0.1) is 0 Å². The van der Waals surface area contributed by atoms with Crippen LogP contribution in [0.1, 0.15) is 40.0 Å². The Labute approximate surface area is 227 Å². The lowest BCUT2D eigenvalue weighted by Gasteiger charge is -2.21. The quantitative estimate of drug-likeness (QED) is 0.0962. The number of amides is 3. The lowest BCUT2D eigenvalue weighted by atomic mass is 10.1. The second-order valence-corrected chi connectivity index (χ2v) is 8.23. The number of rotatable bonds is 22. The third-order valence-electron chi connectivity index (χ3n) is 5.59. The molecule has 3 amide bonds. The predicted octanol–water partition coefficient (Wildman–Crippen LogP) is 0.967. The predicted molar refractivity (Wildman–Crippen MR) is 139 cm³/mol. The van der Waals surface area contributed by atoms with Crippen molar-refractivity contribution in [1.82, 2.24) is 10.2 Å². The Morgan fingerprint density at radius 3 is 2.10 bits per heavy atom. The molecular weight excluding hydrogens is 512 g/mol. The zero-order valence-electron chi connectivity index (χ0n) is 22.1. The number of aldehydes is 2. The summed E-state index contributed by atoms with van der Waals surface area (Å²) in [4.78, 5) is 60.0. The first kappa shape index (κ1) is 31.8. The van der Waals surface area contributed by atoms with Gasteiger partial charge in [0, 0.05) is 13.5 Å². The lowest BCUT2D eigenvalue weighted by Crippen LogP contribution is -2.41. The van der Waals surface area contributed by atoms with E-state index in [1.807, 2.05) is 0 Å². The summed E-state index contributed by atoms with van der Waals surface area (Å²) in [7, 11) is 1.47. The molecule has 12 heteroatoms. The summed E-state index contributed by atoms with van der Waals surface area (Å²) >= 11 is 0. The van der Waals surface area contributed by atoms with E-state index in [0.717, 1.165) is 11.2 Å². The summed E-state index contributed by atoms with van der Waals surface area (Å²) in [6.07, 6.45) is 5.12. The molecule has 1 atom stereocenters. The summed E-state index contributed by atoms with van der Waals surface area (Å²) in [6.45, 7) is 3.38. The van der Waals surface area contributed by atoms with Gasteiger partial charge in [0.05, 0.1) is 70.0 Å². The van der Waals surface area contributed by atoms with Crippen molar-refractivity contribution in [2.75, 3.05) is 66.5 Å². The molecule has 1 heterocycles. The number of allylic oxidation sites excluding steroid dienone is 1. The van der Waals surface area contributed by atoms with Crippen LogP contribution in [0.4, 0.5) is 0 Å². The zero-order valence-corrected chi connectivity index (χ0v) is 22.1. The maximum Gasteiger partial charge on any atom is 0.265 e. The summed E-state index contributed by atoms with van der Waals surface area (Å²) < 4.78 is 27.3. The Morgan fingerprint density at radius 1 is 0.897 bits per heavy atom. The fourth-order valence-electron chi connectivity index (χ4n) is 3.63. The van der Waals surface area contributed by atoms with Crippen LogP contribution in [-0.2, 0) is 33.3 Å². The van der Waals surface area contributed by atoms with Crippen LogP contribution < -0.4 is 10.1 Å². The van der Waals surface area contributed by atoms with Crippen molar-refractivity contribution in [1.29, 1.82) is 0 Å². The van der Waals surface area contributed by atoms with Gasteiger partial charge in [0.2, 0.25) is 5.91 Å². The molecule has 2 rings (SSSR count). The van der Waals surface area contributed by atoms with Gasteiger partial charge in [0.15, 0.2) is 0 Å². The van der Waals surface area contributed by atoms with Crippen molar-refractivity contribution >= 4 is 30.3 Å². The number of imide groups is 1. The molecule has 1 unspecified atom stereocenters. The monoisotopic (exact) mass is 548 g/mol. The van der Waals surface area contributed by atoms with E-state index in [-0.39, 0.29) is 48.8 Å². The largest absolute Gasteiger partial charge is 0.490 e. The maximum atomic E-state index is 13.0. The highest BCUT2D eigenvalue weighted by Gasteiger charge is 2.42. The van der Waals surface area contributed by atoms with E-state index in [2.05, 4.69) is 5.32 Å². The number of carbonyl (C=O) groups excluding carboxylic acids is 5. The lowest BCUT2D eigenvalue weighted by molar-refractivity contribution is -0.121. The SMILES string of the molecule is CNC(=O)CCC(C=O)N1C(=O)c2cccc(OCCOCCOCCOCCOCC/C=C/C=O)c2C1=O. The highest BCUT2D eigenvalue weighted by Crippen LogP contribution is 2.32. The van der Waals surface area contributed by atoms with Gasteiger partial charge in [-0.25, -0.2) is 0 Å². The fourth-order valence-corrected chi connectivity index (χ4v) is 3.63. The Hall–Kier alpha value is -3.45. The zero-order chi connectivity index (χ0) is 28.3. The standard InChI is InChI=1S/C27H36N2O10/c1-28-24(32)9-8-21(20-31)29-26(33)22-6-5-7-23(25(22)27(29)34)39-19-18-38-17-16-37-15-14-36-13-12-35-11-4-2-3-10-30/h2-3,5-7,10,20-21H,4,8-9,11-19H2,1H3,(H,28,32)/b3-2+. The van der Waals surface area contributed by atoms with E-state index < -0.39 is 17.9 Å². The summed E-state index contributed by atoms with van der Waals surface area (Å²) in [5, 5.41) is 2.45. The van der Waals surface area contributed by atoms with E-state index in [1.165, 1.54) is 19.2 Å². The fraction of sp³-hybridized carbons (Fsp3) is 0.519. The third-order valence-corrected chi connectivity index (χ3v) is 5.59. The first-order chi connectivity index (χ1) is 19.0. The van der Waals surface area contributed by atoms with Crippen molar-refractivity contribution in [3.8, 4) is 5.75 Å². The molecule has 0 fully saturated rings. The topological polar surface area (TPSA) is 147 Å². The van der Waals surface area contributed by atoms with Crippen molar-refractivity contribution in [2.24, 2.45) is 0 Å². The van der Waals surface area contributed by atoms with Crippen LogP contribution in [0.25, 0.3) is 0 Å². The van der Waals surface area contributed by atoms with Gasteiger partial charge in [-0.1, -0.05) is 12.1 Å². The minimum atomic E-state index is -1.05. The van der Waals surface area contributed by atoms with Gasteiger partial charge in [-0.2, -0.15) is 0 Å².